The van der Waals surface area contributed by atoms with Gasteiger partial charge in [-0.05, 0) is 48.6 Å². The molecule has 0 bridgehead atoms. The average molecular weight is 299 g/mol. The lowest BCUT2D eigenvalue weighted by atomic mass is 9.91. The molecule has 0 fully saturated rings. The van der Waals surface area contributed by atoms with Crippen molar-refractivity contribution in [2.45, 2.75) is 32.6 Å². The molecule has 0 saturated heterocycles. The Morgan fingerprint density at radius 3 is 2.77 bits per heavy atom. The number of aryl methyl sites for hydroxylation is 1. The van der Waals surface area contributed by atoms with Gasteiger partial charge in [0.05, 0.1) is 12.5 Å². The minimum Gasteiger partial charge on any atom is -0.493 e. The molecule has 0 amide bonds. The van der Waals surface area contributed by atoms with Crippen LogP contribution in [0.15, 0.2) is 42.7 Å². The second kappa shape index (κ2) is 7.59. The van der Waals surface area contributed by atoms with Crippen LogP contribution < -0.4 is 4.74 Å². The Hall–Kier alpha value is -2.36. The summed E-state index contributed by atoms with van der Waals surface area (Å²) in [4.78, 5) is 15.7. The zero-order valence-corrected chi connectivity index (χ0v) is 13.0. The lowest BCUT2D eigenvalue weighted by Crippen LogP contribution is -2.15. The third kappa shape index (κ3) is 4.07. The Morgan fingerprint density at radius 2 is 2.18 bits per heavy atom. The van der Waals surface area contributed by atoms with Gasteiger partial charge in [-0.25, -0.2) is 0 Å². The number of hydrogen-bond acceptors (Lipinski definition) is 3. The van der Waals surface area contributed by atoms with E-state index < -0.39 is 11.9 Å². The molecule has 22 heavy (non-hydrogen) atoms. The Morgan fingerprint density at radius 1 is 1.36 bits per heavy atom. The SMILES string of the molecule is CCCOc1ccc(C(Cc2cccnc2)C(=O)O)cc1C. The fourth-order valence-corrected chi connectivity index (χ4v) is 2.37. The highest BCUT2D eigenvalue weighted by Crippen LogP contribution is 2.26. The Bertz CT molecular complexity index is 625. The van der Waals surface area contributed by atoms with Gasteiger partial charge < -0.3 is 9.84 Å². The van der Waals surface area contributed by atoms with Crippen molar-refractivity contribution in [3.8, 4) is 5.75 Å². The van der Waals surface area contributed by atoms with Crippen LogP contribution in [0.25, 0.3) is 0 Å². The third-order valence-corrected chi connectivity index (χ3v) is 3.52. The largest absolute Gasteiger partial charge is 0.493 e. The van der Waals surface area contributed by atoms with E-state index >= 15 is 0 Å². The quantitative estimate of drug-likeness (QED) is 0.848. The summed E-state index contributed by atoms with van der Waals surface area (Å²) >= 11 is 0. The van der Waals surface area contributed by atoms with Crippen molar-refractivity contribution in [3.05, 3.63) is 59.4 Å². The summed E-state index contributed by atoms with van der Waals surface area (Å²) in [5.41, 5.74) is 2.67. The number of nitrogens with zero attached hydrogens (tertiary/aromatic N) is 1. The predicted octanol–water partition coefficient (Wildman–Crippen LogP) is 3.59. The summed E-state index contributed by atoms with van der Waals surface area (Å²) in [7, 11) is 0. The summed E-state index contributed by atoms with van der Waals surface area (Å²) in [6.45, 7) is 4.66. The second-order valence-corrected chi connectivity index (χ2v) is 5.33. The smallest absolute Gasteiger partial charge is 0.311 e. The number of pyridine rings is 1. The van der Waals surface area contributed by atoms with E-state index in [-0.39, 0.29) is 0 Å². The molecule has 2 rings (SSSR count). The van der Waals surface area contributed by atoms with Crippen molar-refractivity contribution in [1.29, 1.82) is 0 Å². The fraction of sp³-hybridized carbons (Fsp3) is 0.333. The molecular formula is C18H21NO3. The number of carbonyl (C=O) groups is 1. The molecule has 1 aromatic heterocycles. The first-order valence-electron chi connectivity index (χ1n) is 7.47. The van der Waals surface area contributed by atoms with Gasteiger partial charge in [0, 0.05) is 12.4 Å². The van der Waals surface area contributed by atoms with Crippen molar-refractivity contribution in [2.24, 2.45) is 0 Å². The average Bonchev–Trinajstić information content (AvgIpc) is 2.52. The van der Waals surface area contributed by atoms with Crippen molar-refractivity contribution < 1.29 is 14.6 Å². The summed E-state index contributed by atoms with van der Waals surface area (Å²) in [5.74, 6) is -0.593. The Labute approximate surface area is 130 Å². The molecule has 4 nitrogen and oxygen atoms in total. The van der Waals surface area contributed by atoms with Gasteiger partial charge >= 0.3 is 5.97 Å². The van der Waals surface area contributed by atoms with E-state index in [1.165, 1.54) is 0 Å². The van der Waals surface area contributed by atoms with E-state index in [9.17, 15) is 9.90 Å². The summed E-state index contributed by atoms with van der Waals surface area (Å²) in [6.07, 6.45) is 4.77. The molecule has 0 saturated carbocycles. The van der Waals surface area contributed by atoms with E-state index in [1.807, 2.05) is 37.3 Å². The monoisotopic (exact) mass is 299 g/mol. The maximum atomic E-state index is 11.6. The highest BCUT2D eigenvalue weighted by molar-refractivity contribution is 5.76. The topological polar surface area (TPSA) is 59.4 Å². The van der Waals surface area contributed by atoms with Gasteiger partial charge in [-0.1, -0.05) is 25.1 Å². The number of hydrogen-bond donors (Lipinski definition) is 1. The van der Waals surface area contributed by atoms with Gasteiger partial charge in [0.15, 0.2) is 0 Å². The molecule has 0 spiro atoms. The number of carboxylic acid groups (broad SMARTS) is 1. The molecule has 1 unspecified atom stereocenters. The number of carboxylic acids is 1. The molecule has 1 N–H and O–H groups in total. The number of aromatic nitrogens is 1. The van der Waals surface area contributed by atoms with Crippen LogP contribution in [0, 0.1) is 6.92 Å². The van der Waals surface area contributed by atoms with Crippen LogP contribution in [-0.4, -0.2) is 22.7 Å². The molecule has 0 radical (unpaired) electrons. The van der Waals surface area contributed by atoms with E-state index in [1.54, 1.807) is 12.4 Å². The zero-order chi connectivity index (χ0) is 15.9. The molecule has 0 aliphatic rings. The van der Waals surface area contributed by atoms with Crippen LogP contribution in [0.3, 0.4) is 0 Å². The van der Waals surface area contributed by atoms with E-state index in [0.717, 1.165) is 28.9 Å². The molecule has 0 aliphatic heterocycles. The molecule has 1 atom stereocenters. The molecule has 4 heteroatoms. The van der Waals surface area contributed by atoms with Gasteiger partial charge in [0.25, 0.3) is 0 Å². The van der Waals surface area contributed by atoms with Gasteiger partial charge in [0.1, 0.15) is 5.75 Å². The highest BCUT2D eigenvalue weighted by Gasteiger charge is 2.21. The lowest BCUT2D eigenvalue weighted by Gasteiger charge is -2.15. The normalized spacial score (nSPS) is 11.9. The van der Waals surface area contributed by atoms with Crippen LogP contribution in [0.5, 0.6) is 5.75 Å². The van der Waals surface area contributed by atoms with Gasteiger partial charge in [-0.2, -0.15) is 0 Å². The van der Waals surface area contributed by atoms with Crippen LogP contribution in [0.2, 0.25) is 0 Å². The molecule has 1 aromatic carbocycles. The summed E-state index contributed by atoms with van der Waals surface area (Å²) in [6, 6.07) is 9.32. The molecule has 2 aromatic rings. The first kappa shape index (κ1) is 16.0. The molecule has 0 aliphatic carbocycles. The third-order valence-electron chi connectivity index (χ3n) is 3.52. The van der Waals surface area contributed by atoms with Gasteiger partial charge in [-0.15, -0.1) is 0 Å². The fourth-order valence-electron chi connectivity index (χ4n) is 2.37. The standard InChI is InChI=1S/C18H21NO3/c1-3-9-22-17-7-6-15(10-13(17)2)16(18(20)21)11-14-5-4-8-19-12-14/h4-8,10,12,16H,3,9,11H2,1-2H3,(H,20,21). The van der Waals surface area contributed by atoms with E-state index in [4.69, 9.17) is 4.74 Å². The first-order valence-corrected chi connectivity index (χ1v) is 7.47. The van der Waals surface area contributed by atoms with Gasteiger partial charge in [0.2, 0.25) is 0 Å². The van der Waals surface area contributed by atoms with Crippen LogP contribution >= 0.6 is 0 Å². The highest BCUT2D eigenvalue weighted by atomic mass is 16.5. The minimum atomic E-state index is -0.828. The van der Waals surface area contributed by atoms with Crippen molar-refractivity contribution in [3.63, 3.8) is 0 Å². The van der Waals surface area contributed by atoms with Crippen LogP contribution in [0.1, 0.15) is 36.0 Å². The van der Waals surface area contributed by atoms with Crippen molar-refractivity contribution in [2.75, 3.05) is 6.61 Å². The summed E-state index contributed by atoms with van der Waals surface area (Å²) < 4.78 is 5.64. The maximum absolute atomic E-state index is 11.6. The zero-order valence-electron chi connectivity index (χ0n) is 13.0. The Balaban J connectivity index is 2.22. The molecular weight excluding hydrogens is 278 g/mol. The van der Waals surface area contributed by atoms with Crippen molar-refractivity contribution >= 4 is 5.97 Å². The van der Waals surface area contributed by atoms with Gasteiger partial charge in [-0.3, -0.25) is 9.78 Å². The minimum absolute atomic E-state index is 0.428. The van der Waals surface area contributed by atoms with Crippen LogP contribution in [0.4, 0.5) is 0 Å². The lowest BCUT2D eigenvalue weighted by molar-refractivity contribution is -0.138. The Kier molecular flexibility index (Phi) is 5.53. The summed E-state index contributed by atoms with van der Waals surface area (Å²) in [5, 5.41) is 9.54. The van der Waals surface area contributed by atoms with Crippen molar-refractivity contribution in [1.82, 2.24) is 4.98 Å². The number of aliphatic carboxylic acids is 1. The second-order valence-electron chi connectivity index (χ2n) is 5.33. The number of rotatable bonds is 7. The number of benzene rings is 1. The number of ether oxygens (including phenoxy) is 1. The first-order chi connectivity index (χ1) is 10.6. The van der Waals surface area contributed by atoms with E-state index in [0.29, 0.717) is 13.0 Å². The maximum Gasteiger partial charge on any atom is 0.311 e. The predicted molar refractivity (Wildman–Crippen MR) is 85.3 cm³/mol. The van der Waals surface area contributed by atoms with Crippen LogP contribution in [-0.2, 0) is 11.2 Å². The molecule has 1 heterocycles. The molecule has 116 valence electrons. The van der Waals surface area contributed by atoms with E-state index in [2.05, 4.69) is 11.9 Å².